The molecule has 0 radical (unpaired) electrons. The van der Waals surface area contributed by atoms with Crippen molar-refractivity contribution in [1.29, 1.82) is 0 Å². The fourth-order valence-electron chi connectivity index (χ4n) is 12.2. The molecule has 4 nitrogen and oxygen atoms in total. The van der Waals surface area contributed by atoms with Gasteiger partial charge in [0.15, 0.2) is 5.78 Å². The molecule has 6 aliphatic carbocycles. The molecule has 2 heterocycles. The highest BCUT2D eigenvalue weighted by Gasteiger charge is 2.95. The second-order valence-corrected chi connectivity index (χ2v) is 15.1. The molecule has 4 heteroatoms. The number of allylic oxidation sites excluding steroid dienone is 3. The normalized spacial score (nSPS) is 48.0. The molecule has 1 aliphatic heterocycles. The number of carbonyl (C=O) groups is 1. The van der Waals surface area contributed by atoms with Gasteiger partial charge in [-0.15, -0.1) is 0 Å². The van der Waals surface area contributed by atoms with Gasteiger partial charge >= 0.3 is 0 Å². The summed E-state index contributed by atoms with van der Waals surface area (Å²) in [5.41, 5.74) is 5.89. The number of hydrogen-bond acceptors (Lipinski definition) is 4. The molecule has 1 aromatic heterocycles. The van der Waals surface area contributed by atoms with Crippen LogP contribution in [-0.2, 0) is 16.0 Å². The number of rotatable bonds is 5. The van der Waals surface area contributed by atoms with E-state index in [1.165, 1.54) is 43.3 Å². The Morgan fingerprint density at radius 1 is 1.05 bits per heavy atom. The minimum atomic E-state index is -0.229. The standard InChI is InChI=1S/C36H46N2O2/c1-7-22-17-38-31(18-37-22)26-16-30-32-29-15-25-27-10-9-21(14-23-13-19(3)24(8-2)20(4)40-23)34(27,5)12-11-28(25)35(6,33(26)39)36(29,30)32/h16-18,21,23,25,27-30,32H,4,7-15H2,1-3,5-6H3. The quantitative estimate of drug-likeness (QED) is 0.384. The number of hydrogen-bond donors (Lipinski definition) is 0. The number of ketones is 1. The van der Waals surface area contributed by atoms with Crippen molar-refractivity contribution >= 4 is 11.4 Å². The lowest BCUT2D eigenvalue weighted by atomic mass is 9.44. The van der Waals surface area contributed by atoms with E-state index in [4.69, 9.17) is 9.72 Å². The van der Waals surface area contributed by atoms with Crippen LogP contribution in [0.25, 0.3) is 5.57 Å². The van der Waals surface area contributed by atoms with Gasteiger partial charge in [-0.1, -0.05) is 45.9 Å². The number of ether oxygens (including phenoxy) is 1. The van der Waals surface area contributed by atoms with E-state index in [0.717, 1.165) is 66.2 Å². The SMILES string of the molecule is C=C1OC(CC2CCC3C4CC5C6C7C=C(c8cnc(CC)cn8)C(=O)C(C)(C4CCC23C)C756)CC(C)=C1CC. The van der Waals surface area contributed by atoms with E-state index in [1.54, 1.807) is 0 Å². The average Bonchev–Trinajstić information content (AvgIpc) is 3.78. The molecule has 0 N–H and O–H groups in total. The van der Waals surface area contributed by atoms with Gasteiger partial charge in [-0.3, -0.25) is 14.8 Å². The second kappa shape index (κ2) is 8.19. The molecular formula is C36H46N2O2. The molecule has 11 unspecified atom stereocenters. The van der Waals surface area contributed by atoms with Crippen LogP contribution in [0.3, 0.4) is 0 Å². The van der Waals surface area contributed by atoms with E-state index in [2.05, 4.69) is 52.3 Å². The van der Waals surface area contributed by atoms with Gasteiger partial charge in [-0.05, 0) is 116 Å². The van der Waals surface area contributed by atoms with Crippen molar-refractivity contribution in [2.75, 3.05) is 0 Å². The zero-order chi connectivity index (χ0) is 27.8. The lowest BCUT2D eigenvalue weighted by Crippen LogP contribution is -2.57. The molecule has 7 aliphatic rings. The lowest BCUT2D eigenvalue weighted by molar-refractivity contribution is -0.147. The van der Waals surface area contributed by atoms with Gasteiger partial charge in [0.2, 0.25) is 0 Å². The summed E-state index contributed by atoms with van der Waals surface area (Å²) in [4.78, 5) is 23.9. The van der Waals surface area contributed by atoms with E-state index in [1.807, 2.05) is 12.4 Å². The highest BCUT2D eigenvalue weighted by atomic mass is 16.5. The summed E-state index contributed by atoms with van der Waals surface area (Å²) in [6.45, 7) is 15.9. The minimum absolute atomic E-state index is 0.229. The molecule has 5 fully saturated rings. The first kappa shape index (κ1) is 25.5. The summed E-state index contributed by atoms with van der Waals surface area (Å²) in [6.07, 6.45) is 16.9. The van der Waals surface area contributed by atoms with Gasteiger partial charge in [0, 0.05) is 23.6 Å². The molecule has 1 spiro atoms. The molecule has 0 aromatic carbocycles. The van der Waals surface area contributed by atoms with Crippen molar-refractivity contribution < 1.29 is 9.53 Å². The van der Waals surface area contributed by atoms with Crippen molar-refractivity contribution in [2.45, 2.75) is 98.5 Å². The first-order valence-electron chi connectivity index (χ1n) is 16.3. The zero-order valence-electron chi connectivity index (χ0n) is 25.1. The van der Waals surface area contributed by atoms with E-state index >= 15 is 0 Å². The van der Waals surface area contributed by atoms with Crippen LogP contribution in [0.2, 0.25) is 0 Å². The largest absolute Gasteiger partial charge is 0.490 e. The summed E-state index contributed by atoms with van der Waals surface area (Å²) in [5, 5.41) is 0. The maximum Gasteiger partial charge on any atom is 0.171 e. The number of aryl methyl sites for hydroxylation is 1. The Morgan fingerprint density at radius 2 is 1.88 bits per heavy atom. The Morgan fingerprint density at radius 3 is 2.58 bits per heavy atom. The number of Topliss-reactive ketones (excluding diaryl/α,β-unsaturated/α-hetero) is 1. The van der Waals surface area contributed by atoms with Crippen LogP contribution in [0.4, 0.5) is 0 Å². The van der Waals surface area contributed by atoms with Crippen molar-refractivity contribution in [2.24, 2.45) is 57.7 Å². The Labute approximate surface area is 240 Å². The fourth-order valence-corrected chi connectivity index (χ4v) is 12.2. The highest BCUT2D eigenvalue weighted by molar-refractivity contribution is 6.25. The van der Waals surface area contributed by atoms with Crippen molar-refractivity contribution in [1.82, 2.24) is 9.97 Å². The van der Waals surface area contributed by atoms with E-state index in [-0.39, 0.29) is 16.9 Å². The van der Waals surface area contributed by atoms with Crippen LogP contribution in [0, 0.1) is 57.7 Å². The topological polar surface area (TPSA) is 52.1 Å². The summed E-state index contributed by atoms with van der Waals surface area (Å²) >= 11 is 0. The maximum absolute atomic E-state index is 14.6. The van der Waals surface area contributed by atoms with E-state index < -0.39 is 0 Å². The smallest absolute Gasteiger partial charge is 0.171 e. The summed E-state index contributed by atoms with van der Waals surface area (Å²) < 4.78 is 6.43. The van der Waals surface area contributed by atoms with Gasteiger partial charge < -0.3 is 4.74 Å². The first-order valence-corrected chi connectivity index (χ1v) is 16.3. The van der Waals surface area contributed by atoms with Crippen LogP contribution < -0.4 is 0 Å². The molecule has 40 heavy (non-hydrogen) atoms. The third-order valence-corrected chi connectivity index (χ3v) is 14.1. The molecule has 0 amide bonds. The molecule has 212 valence electrons. The Bertz CT molecular complexity index is 1370. The monoisotopic (exact) mass is 538 g/mol. The molecule has 1 aromatic rings. The number of carbonyl (C=O) groups excluding carboxylic acids is 1. The van der Waals surface area contributed by atoms with Gasteiger partial charge in [0.1, 0.15) is 11.9 Å². The second-order valence-electron chi connectivity index (χ2n) is 15.1. The van der Waals surface area contributed by atoms with E-state index in [0.29, 0.717) is 34.9 Å². The Kier molecular flexibility index (Phi) is 5.22. The van der Waals surface area contributed by atoms with Gasteiger partial charge in [-0.2, -0.15) is 0 Å². The van der Waals surface area contributed by atoms with Gasteiger partial charge in [-0.25, -0.2) is 0 Å². The number of fused-ring (bicyclic) bond motifs is 6. The van der Waals surface area contributed by atoms with Gasteiger partial charge in [0.05, 0.1) is 17.6 Å². The van der Waals surface area contributed by atoms with Crippen molar-refractivity contribution in [3.63, 3.8) is 0 Å². The Balaban J connectivity index is 1.06. The van der Waals surface area contributed by atoms with Crippen molar-refractivity contribution in [3.8, 4) is 0 Å². The zero-order valence-corrected chi connectivity index (χ0v) is 25.1. The van der Waals surface area contributed by atoms with Crippen LogP contribution in [0.5, 0.6) is 0 Å². The summed E-state index contributed by atoms with van der Waals surface area (Å²) in [7, 11) is 0. The highest BCUT2D eigenvalue weighted by Crippen LogP contribution is 2.97. The summed E-state index contributed by atoms with van der Waals surface area (Å²) in [6, 6.07) is 0. The molecular weight excluding hydrogens is 492 g/mol. The van der Waals surface area contributed by atoms with Crippen LogP contribution in [0.15, 0.2) is 42.0 Å². The van der Waals surface area contributed by atoms with Crippen LogP contribution >= 0.6 is 0 Å². The Hall–Kier alpha value is -2.23. The lowest BCUT2D eigenvalue weighted by Gasteiger charge is -2.59. The average molecular weight is 539 g/mol. The maximum atomic E-state index is 14.6. The predicted molar refractivity (Wildman–Crippen MR) is 157 cm³/mol. The number of aromatic nitrogens is 2. The first-order chi connectivity index (χ1) is 19.2. The van der Waals surface area contributed by atoms with Crippen LogP contribution in [0.1, 0.15) is 97.4 Å². The molecule has 0 bridgehead atoms. The van der Waals surface area contributed by atoms with Crippen LogP contribution in [-0.4, -0.2) is 21.9 Å². The number of nitrogens with zero attached hydrogens (tertiary/aromatic N) is 2. The van der Waals surface area contributed by atoms with Gasteiger partial charge in [0.25, 0.3) is 0 Å². The predicted octanol–water partition coefficient (Wildman–Crippen LogP) is 7.76. The molecule has 8 rings (SSSR count). The van der Waals surface area contributed by atoms with E-state index in [9.17, 15) is 4.79 Å². The molecule has 0 saturated heterocycles. The van der Waals surface area contributed by atoms with Crippen molar-refractivity contribution in [3.05, 3.63) is 53.3 Å². The molecule has 11 atom stereocenters. The fraction of sp³-hybridized carbons (Fsp3) is 0.694. The summed E-state index contributed by atoms with van der Waals surface area (Å²) in [5.74, 6) is 6.05. The third kappa shape index (κ3) is 2.92. The molecule has 5 saturated carbocycles. The minimum Gasteiger partial charge on any atom is -0.490 e. The third-order valence-electron chi connectivity index (χ3n) is 14.1.